The van der Waals surface area contributed by atoms with Crippen molar-refractivity contribution in [3.05, 3.63) is 21.0 Å². The molecule has 4 nitrogen and oxygen atoms in total. The van der Waals surface area contributed by atoms with Crippen molar-refractivity contribution in [3.8, 4) is 0 Å². The molecule has 1 saturated carbocycles. The smallest absolute Gasteiger partial charge is 0.283 e. The fraction of sp³-hybridized carbons (Fsp3) is 0.667. The van der Waals surface area contributed by atoms with E-state index in [0.717, 1.165) is 18.0 Å². The lowest BCUT2D eigenvalue weighted by Gasteiger charge is -2.15. The lowest BCUT2D eigenvalue weighted by atomic mass is 10.3. The highest BCUT2D eigenvalue weighted by molar-refractivity contribution is 9.10. The average molecular weight is 332 g/mol. The van der Waals surface area contributed by atoms with Gasteiger partial charge in [-0.2, -0.15) is 16.9 Å². The molecular formula is C12H18BrN3OS. The topological polar surface area (TPSA) is 46.9 Å². The highest BCUT2D eigenvalue weighted by Crippen LogP contribution is 2.30. The molecule has 1 heterocycles. The van der Waals surface area contributed by atoms with Gasteiger partial charge < -0.3 is 5.32 Å². The van der Waals surface area contributed by atoms with E-state index in [-0.39, 0.29) is 5.56 Å². The van der Waals surface area contributed by atoms with Crippen LogP contribution in [0.3, 0.4) is 0 Å². The molecule has 2 rings (SSSR count). The largest absolute Gasteiger partial charge is 0.379 e. The molecule has 0 bridgehead atoms. The van der Waals surface area contributed by atoms with E-state index in [1.165, 1.54) is 12.8 Å². The van der Waals surface area contributed by atoms with Crippen LogP contribution in [0.2, 0.25) is 0 Å². The summed E-state index contributed by atoms with van der Waals surface area (Å²) in [6.07, 6.45) is 6.25. The average Bonchev–Trinajstić information content (AvgIpc) is 3.13. The summed E-state index contributed by atoms with van der Waals surface area (Å²) in [5.74, 6) is 1.65. The van der Waals surface area contributed by atoms with Gasteiger partial charge in [-0.25, -0.2) is 4.68 Å². The van der Waals surface area contributed by atoms with E-state index in [1.54, 1.807) is 22.6 Å². The van der Waals surface area contributed by atoms with Crippen molar-refractivity contribution in [2.45, 2.75) is 32.4 Å². The number of halogens is 1. The molecule has 1 aliphatic carbocycles. The summed E-state index contributed by atoms with van der Waals surface area (Å²) in [5.41, 5.74) is 0.747. The van der Waals surface area contributed by atoms with Crippen LogP contribution in [0.1, 0.15) is 19.8 Å². The summed E-state index contributed by atoms with van der Waals surface area (Å²) >= 11 is 5.16. The molecule has 1 unspecified atom stereocenters. The fourth-order valence-corrected chi connectivity index (χ4v) is 2.80. The third kappa shape index (κ3) is 3.51. The normalized spacial score (nSPS) is 16.6. The van der Waals surface area contributed by atoms with Crippen LogP contribution in [0.5, 0.6) is 0 Å². The molecule has 0 aliphatic heterocycles. The van der Waals surface area contributed by atoms with Crippen molar-refractivity contribution in [3.63, 3.8) is 0 Å². The van der Waals surface area contributed by atoms with E-state index in [9.17, 15) is 4.79 Å². The molecule has 1 N–H and O–H groups in total. The highest BCUT2D eigenvalue weighted by Gasteiger charge is 2.23. The van der Waals surface area contributed by atoms with Crippen molar-refractivity contribution >= 4 is 33.4 Å². The third-order valence-corrected chi connectivity index (χ3v) is 4.53. The summed E-state index contributed by atoms with van der Waals surface area (Å²) in [7, 11) is 0. The molecular weight excluding hydrogens is 314 g/mol. The Balaban J connectivity index is 2.12. The minimum absolute atomic E-state index is 0.0387. The number of aromatic nitrogens is 2. The van der Waals surface area contributed by atoms with Crippen LogP contribution in [0.4, 0.5) is 5.69 Å². The van der Waals surface area contributed by atoms with Crippen LogP contribution in [-0.2, 0) is 6.54 Å². The van der Waals surface area contributed by atoms with E-state index >= 15 is 0 Å². The first-order valence-corrected chi connectivity index (χ1v) is 8.31. The van der Waals surface area contributed by atoms with Gasteiger partial charge in [-0.1, -0.05) is 0 Å². The molecule has 6 heteroatoms. The molecule has 0 radical (unpaired) electrons. The van der Waals surface area contributed by atoms with Crippen molar-refractivity contribution in [2.24, 2.45) is 5.92 Å². The Hall–Kier alpha value is -0.490. The van der Waals surface area contributed by atoms with Crippen molar-refractivity contribution in [1.82, 2.24) is 9.78 Å². The zero-order chi connectivity index (χ0) is 13.1. The summed E-state index contributed by atoms with van der Waals surface area (Å²) in [6, 6.07) is 0.316. The predicted octanol–water partition coefficient (Wildman–Crippen LogP) is 2.58. The van der Waals surface area contributed by atoms with Crippen molar-refractivity contribution in [1.29, 1.82) is 0 Å². The molecule has 1 aromatic rings. The first-order valence-electron chi connectivity index (χ1n) is 6.13. The van der Waals surface area contributed by atoms with Gasteiger partial charge >= 0.3 is 0 Å². The second-order valence-corrected chi connectivity index (χ2v) is 6.51. The van der Waals surface area contributed by atoms with E-state index < -0.39 is 0 Å². The standard InChI is InChI=1S/C12H18BrN3OS/c1-8(7-18-2)15-10-5-14-16(6-9-3-4-9)12(17)11(10)13/h5,8-9,15H,3-4,6-7H2,1-2H3. The number of nitrogens with zero attached hydrogens (tertiary/aromatic N) is 2. The van der Waals surface area contributed by atoms with Gasteiger partial charge in [0.25, 0.3) is 5.56 Å². The van der Waals surface area contributed by atoms with Gasteiger partial charge in [0.15, 0.2) is 0 Å². The first-order chi connectivity index (χ1) is 8.61. The van der Waals surface area contributed by atoms with Gasteiger partial charge in [-0.3, -0.25) is 4.79 Å². The highest BCUT2D eigenvalue weighted by atomic mass is 79.9. The molecule has 1 fully saturated rings. The molecule has 18 heavy (non-hydrogen) atoms. The lowest BCUT2D eigenvalue weighted by molar-refractivity contribution is 0.531. The van der Waals surface area contributed by atoms with Crippen LogP contribution in [-0.4, -0.2) is 27.8 Å². The summed E-state index contributed by atoms with van der Waals surface area (Å²) in [6.45, 7) is 2.84. The van der Waals surface area contributed by atoms with E-state index in [0.29, 0.717) is 16.4 Å². The Morgan fingerprint density at radius 3 is 3.00 bits per heavy atom. The Morgan fingerprint density at radius 2 is 2.39 bits per heavy atom. The van der Waals surface area contributed by atoms with Gasteiger partial charge in [0, 0.05) is 18.3 Å². The molecule has 1 atom stereocenters. The summed E-state index contributed by atoms with van der Waals surface area (Å²) in [5, 5.41) is 7.54. The van der Waals surface area contributed by atoms with Gasteiger partial charge in [0.2, 0.25) is 0 Å². The zero-order valence-electron chi connectivity index (χ0n) is 10.6. The number of thioether (sulfide) groups is 1. The molecule has 0 saturated heterocycles. The maximum absolute atomic E-state index is 12.1. The maximum Gasteiger partial charge on any atom is 0.283 e. The second-order valence-electron chi connectivity index (χ2n) is 4.80. The summed E-state index contributed by atoms with van der Waals surface area (Å²) < 4.78 is 2.15. The quantitative estimate of drug-likeness (QED) is 0.870. The first kappa shape index (κ1) is 13.9. The molecule has 0 aromatic carbocycles. The number of anilines is 1. The van der Waals surface area contributed by atoms with Gasteiger partial charge in [0.1, 0.15) is 4.47 Å². The lowest BCUT2D eigenvalue weighted by Crippen LogP contribution is -2.27. The van der Waals surface area contributed by atoms with Crippen LogP contribution >= 0.6 is 27.7 Å². The fourth-order valence-electron chi connectivity index (χ4n) is 1.80. The minimum Gasteiger partial charge on any atom is -0.379 e. The molecule has 0 amide bonds. The number of nitrogens with one attached hydrogen (secondary N) is 1. The Kier molecular flexibility index (Phi) is 4.72. The molecule has 100 valence electrons. The monoisotopic (exact) mass is 331 g/mol. The zero-order valence-corrected chi connectivity index (χ0v) is 13.1. The van der Waals surface area contributed by atoms with Crippen LogP contribution < -0.4 is 10.9 Å². The van der Waals surface area contributed by atoms with E-state index in [2.05, 4.69) is 39.5 Å². The second kappa shape index (κ2) is 6.10. The predicted molar refractivity (Wildman–Crippen MR) is 80.4 cm³/mol. The van der Waals surface area contributed by atoms with Crippen LogP contribution in [0.15, 0.2) is 15.5 Å². The SMILES string of the molecule is CSCC(C)Nc1cnn(CC2CC2)c(=O)c1Br. The van der Waals surface area contributed by atoms with Crippen LogP contribution in [0.25, 0.3) is 0 Å². The van der Waals surface area contributed by atoms with Crippen molar-refractivity contribution in [2.75, 3.05) is 17.3 Å². The minimum atomic E-state index is -0.0387. The van der Waals surface area contributed by atoms with Gasteiger partial charge in [-0.05, 0) is 47.9 Å². The molecule has 0 spiro atoms. The maximum atomic E-state index is 12.1. The van der Waals surface area contributed by atoms with Crippen molar-refractivity contribution < 1.29 is 0 Å². The molecule has 1 aromatic heterocycles. The molecule has 1 aliphatic rings. The van der Waals surface area contributed by atoms with Gasteiger partial charge in [-0.15, -0.1) is 0 Å². The van der Waals surface area contributed by atoms with Crippen LogP contribution in [0, 0.1) is 5.92 Å². The Bertz CT molecular complexity index is 473. The van der Waals surface area contributed by atoms with E-state index in [1.807, 2.05) is 0 Å². The number of rotatable bonds is 6. The van der Waals surface area contributed by atoms with Gasteiger partial charge in [0.05, 0.1) is 11.9 Å². The number of hydrogen-bond acceptors (Lipinski definition) is 4. The summed E-state index contributed by atoms with van der Waals surface area (Å²) in [4.78, 5) is 12.1. The number of hydrogen-bond donors (Lipinski definition) is 1. The Labute approximate surface area is 120 Å². The Morgan fingerprint density at radius 1 is 1.67 bits per heavy atom. The van der Waals surface area contributed by atoms with E-state index in [4.69, 9.17) is 0 Å². The third-order valence-electron chi connectivity index (χ3n) is 2.93.